The number of anilines is 1. The summed E-state index contributed by atoms with van der Waals surface area (Å²) in [6.07, 6.45) is 4.32. The van der Waals surface area contributed by atoms with E-state index < -0.39 is 11.6 Å². The van der Waals surface area contributed by atoms with E-state index in [1.807, 2.05) is 6.92 Å². The SMILES string of the molecule is C=CC(=O)N1CCN(c2nc(=O)n3c4c(c(-c5ccc(F)cc5F)c(Cl)cc24)SC[C@H]3CC2CCN(C)CC2)[C@@H](C)C1. The molecule has 2 aromatic carbocycles. The van der Waals surface area contributed by atoms with Crippen LogP contribution in [0.5, 0.6) is 0 Å². The number of benzene rings is 2. The van der Waals surface area contributed by atoms with Crippen LogP contribution in [0.15, 0.2) is 46.6 Å². The fraction of sp³-hybridized carbons (Fsp3) is 0.452. The van der Waals surface area contributed by atoms with Gasteiger partial charge in [0.05, 0.1) is 10.5 Å². The van der Waals surface area contributed by atoms with Crippen LogP contribution >= 0.6 is 23.4 Å². The zero-order chi connectivity index (χ0) is 29.7. The number of aromatic nitrogens is 2. The molecule has 3 aliphatic heterocycles. The van der Waals surface area contributed by atoms with Gasteiger partial charge in [0.2, 0.25) is 5.91 Å². The first kappa shape index (κ1) is 29.1. The molecule has 1 aromatic heterocycles. The Labute approximate surface area is 253 Å². The Morgan fingerprint density at radius 1 is 1.19 bits per heavy atom. The van der Waals surface area contributed by atoms with Crippen LogP contribution in [0.3, 0.4) is 0 Å². The Hall–Kier alpha value is -2.95. The van der Waals surface area contributed by atoms with Gasteiger partial charge in [0.15, 0.2) is 0 Å². The van der Waals surface area contributed by atoms with Crippen molar-refractivity contribution in [3.8, 4) is 11.1 Å². The van der Waals surface area contributed by atoms with Crippen molar-refractivity contribution in [3.05, 3.63) is 64.1 Å². The summed E-state index contributed by atoms with van der Waals surface area (Å²) in [5.41, 5.74) is 1.01. The lowest BCUT2D eigenvalue weighted by molar-refractivity contribution is -0.126. The highest BCUT2D eigenvalue weighted by atomic mass is 35.5. The maximum absolute atomic E-state index is 15.2. The zero-order valence-corrected chi connectivity index (χ0v) is 25.4. The molecule has 3 aliphatic rings. The number of thioether (sulfide) groups is 1. The number of nitrogens with zero attached hydrogens (tertiary/aromatic N) is 5. The summed E-state index contributed by atoms with van der Waals surface area (Å²) in [5, 5.41) is 1.03. The summed E-state index contributed by atoms with van der Waals surface area (Å²) >= 11 is 8.48. The largest absolute Gasteiger partial charge is 0.350 e. The van der Waals surface area contributed by atoms with Gasteiger partial charge >= 0.3 is 5.69 Å². The van der Waals surface area contributed by atoms with Crippen LogP contribution in [-0.2, 0) is 4.79 Å². The number of piperazine rings is 1. The van der Waals surface area contributed by atoms with Gasteiger partial charge in [0, 0.05) is 64.9 Å². The fourth-order valence-corrected chi connectivity index (χ4v) is 8.39. The van der Waals surface area contributed by atoms with Gasteiger partial charge in [0.25, 0.3) is 0 Å². The smallest absolute Gasteiger partial charge is 0.350 e. The van der Waals surface area contributed by atoms with Crippen LogP contribution in [0.25, 0.3) is 22.0 Å². The van der Waals surface area contributed by atoms with Gasteiger partial charge in [-0.2, -0.15) is 4.98 Å². The van der Waals surface area contributed by atoms with Gasteiger partial charge in [-0.1, -0.05) is 18.2 Å². The van der Waals surface area contributed by atoms with E-state index in [0.29, 0.717) is 58.1 Å². The van der Waals surface area contributed by atoms with E-state index in [0.717, 1.165) is 43.8 Å². The van der Waals surface area contributed by atoms with Crippen molar-refractivity contribution in [2.24, 2.45) is 5.92 Å². The molecule has 42 heavy (non-hydrogen) atoms. The van der Waals surface area contributed by atoms with Gasteiger partial charge < -0.3 is 14.7 Å². The number of piperidine rings is 1. The molecule has 2 atom stereocenters. The van der Waals surface area contributed by atoms with E-state index in [4.69, 9.17) is 11.6 Å². The molecule has 2 saturated heterocycles. The number of halogens is 3. The second-order valence-corrected chi connectivity index (χ2v) is 13.1. The monoisotopic (exact) mass is 613 g/mol. The maximum atomic E-state index is 15.2. The molecular formula is C31H34ClF2N5O2S. The Kier molecular flexibility index (Phi) is 8.06. The lowest BCUT2D eigenvalue weighted by Crippen LogP contribution is -2.54. The molecule has 0 saturated carbocycles. The minimum Gasteiger partial charge on any atom is -0.350 e. The van der Waals surface area contributed by atoms with Crippen LogP contribution < -0.4 is 10.6 Å². The van der Waals surface area contributed by atoms with E-state index in [9.17, 15) is 14.0 Å². The van der Waals surface area contributed by atoms with E-state index in [1.165, 1.54) is 18.2 Å². The molecule has 222 valence electrons. The van der Waals surface area contributed by atoms with Gasteiger partial charge in [-0.05, 0) is 76.5 Å². The number of hydrogen-bond acceptors (Lipinski definition) is 6. The number of rotatable bonds is 5. The predicted octanol–water partition coefficient (Wildman–Crippen LogP) is 5.60. The standard InChI is InChI=1S/C31H34ClF2N5O2S/c1-4-26(40)37-11-12-38(18(2)16-37)30-23-15-24(32)27(22-6-5-20(33)14-25(22)34)29-28(23)39(31(41)35-30)21(17-42-29)13-19-7-9-36(3)10-8-19/h4-6,14-15,18-19,21H,1,7-13,16-17H2,2-3H3/t18-,21+/m0/s1. The van der Waals surface area contributed by atoms with Crippen LogP contribution in [0, 0.1) is 17.6 Å². The maximum Gasteiger partial charge on any atom is 0.350 e. The molecule has 3 aromatic rings. The Morgan fingerprint density at radius 3 is 2.64 bits per heavy atom. The summed E-state index contributed by atoms with van der Waals surface area (Å²) in [7, 11) is 2.13. The predicted molar refractivity (Wildman–Crippen MR) is 165 cm³/mol. The van der Waals surface area contributed by atoms with Crippen molar-refractivity contribution < 1.29 is 13.6 Å². The highest BCUT2D eigenvalue weighted by Gasteiger charge is 2.35. The first-order chi connectivity index (χ1) is 20.2. The van der Waals surface area contributed by atoms with Crippen molar-refractivity contribution in [1.29, 1.82) is 0 Å². The third-order valence-electron chi connectivity index (χ3n) is 8.91. The number of likely N-dealkylation sites (tertiary alicyclic amines) is 1. The fourth-order valence-electron chi connectivity index (χ4n) is 6.68. The van der Waals surface area contributed by atoms with Crippen LogP contribution in [0.2, 0.25) is 5.02 Å². The molecule has 0 spiro atoms. The van der Waals surface area contributed by atoms with E-state index in [-0.39, 0.29) is 29.2 Å². The molecule has 0 bridgehead atoms. The van der Waals surface area contributed by atoms with Gasteiger partial charge in [-0.25, -0.2) is 13.6 Å². The average molecular weight is 614 g/mol. The summed E-state index contributed by atoms with van der Waals surface area (Å²) in [6, 6.07) is 5.06. The van der Waals surface area contributed by atoms with E-state index in [2.05, 4.69) is 28.4 Å². The first-order valence-electron chi connectivity index (χ1n) is 14.4. The normalized spacial score (nSPS) is 21.6. The molecule has 11 heteroatoms. The molecule has 6 rings (SSSR count). The molecule has 1 amide bonds. The third kappa shape index (κ3) is 5.22. The van der Waals surface area contributed by atoms with Crippen molar-refractivity contribution in [3.63, 3.8) is 0 Å². The van der Waals surface area contributed by atoms with Crippen molar-refractivity contribution in [2.45, 2.75) is 43.2 Å². The van der Waals surface area contributed by atoms with Gasteiger partial charge in [0.1, 0.15) is 17.5 Å². The molecule has 0 N–H and O–H groups in total. The van der Waals surface area contributed by atoms with Gasteiger partial charge in [-0.15, -0.1) is 11.8 Å². The van der Waals surface area contributed by atoms with Crippen LogP contribution in [0.4, 0.5) is 14.6 Å². The summed E-state index contributed by atoms with van der Waals surface area (Å²) in [6.45, 7) is 9.08. The van der Waals surface area contributed by atoms with Crippen molar-refractivity contribution >= 4 is 46.0 Å². The highest BCUT2D eigenvalue weighted by molar-refractivity contribution is 7.99. The number of carbonyl (C=O) groups excluding carboxylic acids is 1. The average Bonchev–Trinajstić information content (AvgIpc) is 2.96. The van der Waals surface area contributed by atoms with E-state index >= 15 is 4.39 Å². The lowest BCUT2D eigenvalue weighted by Gasteiger charge is -2.41. The van der Waals surface area contributed by atoms with Crippen molar-refractivity contribution in [1.82, 2.24) is 19.4 Å². The van der Waals surface area contributed by atoms with Crippen molar-refractivity contribution in [2.75, 3.05) is 50.4 Å². The molecule has 2 fully saturated rings. The molecule has 7 nitrogen and oxygen atoms in total. The molecule has 4 heterocycles. The van der Waals surface area contributed by atoms with Gasteiger partial charge in [-0.3, -0.25) is 9.36 Å². The summed E-state index contributed by atoms with van der Waals surface area (Å²) in [5.74, 6) is 0.129. The quantitative estimate of drug-likeness (QED) is 0.349. The van der Waals surface area contributed by atoms with E-state index in [1.54, 1.807) is 27.3 Å². The second kappa shape index (κ2) is 11.6. The molecule has 0 aliphatic carbocycles. The molecular weight excluding hydrogens is 580 g/mol. The second-order valence-electron chi connectivity index (χ2n) is 11.6. The number of carbonyl (C=O) groups is 1. The Bertz CT molecular complexity index is 1620. The zero-order valence-electron chi connectivity index (χ0n) is 23.8. The Morgan fingerprint density at radius 2 is 1.95 bits per heavy atom. The molecule has 0 radical (unpaired) electrons. The number of hydrogen-bond donors (Lipinski definition) is 0. The minimum absolute atomic E-state index is 0.0703. The summed E-state index contributed by atoms with van der Waals surface area (Å²) < 4.78 is 30.8. The third-order valence-corrected chi connectivity index (χ3v) is 10.4. The Balaban J connectivity index is 1.51. The minimum atomic E-state index is -0.707. The summed E-state index contributed by atoms with van der Waals surface area (Å²) in [4.78, 5) is 37.7. The van der Waals surface area contributed by atoms with Crippen LogP contribution in [0.1, 0.15) is 32.2 Å². The number of amides is 1. The lowest BCUT2D eigenvalue weighted by atomic mass is 9.90. The highest BCUT2D eigenvalue weighted by Crippen LogP contribution is 2.49. The molecule has 0 unspecified atom stereocenters. The first-order valence-corrected chi connectivity index (χ1v) is 15.8. The topological polar surface area (TPSA) is 61.7 Å². The van der Waals surface area contributed by atoms with Crippen LogP contribution in [-0.4, -0.2) is 76.8 Å².